The van der Waals surface area contributed by atoms with Crippen molar-refractivity contribution in [1.82, 2.24) is 4.90 Å². The molecule has 1 spiro atoms. The van der Waals surface area contributed by atoms with E-state index in [9.17, 15) is 0 Å². The molecular weight excluding hydrogens is 270 g/mol. The molecule has 1 aliphatic carbocycles. The Kier molecular flexibility index (Phi) is 4.96. The minimum Gasteiger partial charge on any atom is -0.348 e. The molecule has 0 amide bonds. The molecule has 1 saturated carbocycles. The highest BCUT2D eigenvalue weighted by Gasteiger charge is 2.48. The van der Waals surface area contributed by atoms with E-state index >= 15 is 0 Å². The summed E-state index contributed by atoms with van der Waals surface area (Å²) in [4.78, 5) is 2.77. The van der Waals surface area contributed by atoms with E-state index in [0.29, 0.717) is 0 Å². The Morgan fingerprint density at radius 3 is 2.80 bits per heavy atom. The summed E-state index contributed by atoms with van der Waals surface area (Å²) in [7, 11) is 0. The molecule has 3 fully saturated rings. The van der Waals surface area contributed by atoms with Gasteiger partial charge >= 0.3 is 0 Å². The zero-order valence-corrected chi connectivity index (χ0v) is 13.8. The number of fused-ring (bicyclic) bond motifs is 1. The van der Waals surface area contributed by atoms with Crippen LogP contribution in [0.25, 0.3) is 0 Å². The van der Waals surface area contributed by atoms with E-state index < -0.39 is 0 Å². The van der Waals surface area contributed by atoms with Gasteiger partial charge in [-0.05, 0) is 49.7 Å². The SMILES string of the molecule is CCCN1CC(CSC)CC2CC3(CCC21)OCCO3. The molecule has 0 aromatic carbocycles. The Morgan fingerprint density at radius 1 is 1.30 bits per heavy atom. The molecule has 3 rings (SSSR count). The number of hydrogen-bond acceptors (Lipinski definition) is 4. The molecule has 0 N–H and O–H groups in total. The lowest BCUT2D eigenvalue weighted by Gasteiger charge is -2.50. The first-order valence-electron chi connectivity index (χ1n) is 8.27. The van der Waals surface area contributed by atoms with Crippen LogP contribution >= 0.6 is 11.8 Å². The van der Waals surface area contributed by atoms with Crippen molar-refractivity contribution in [3.63, 3.8) is 0 Å². The molecule has 0 bridgehead atoms. The zero-order chi connectivity index (χ0) is 14.0. The lowest BCUT2D eigenvalue weighted by atomic mass is 9.73. The molecule has 0 aromatic rings. The van der Waals surface area contributed by atoms with E-state index in [2.05, 4.69) is 18.1 Å². The van der Waals surface area contributed by atoms with E-state index in [0.717, 1.165) is 43.9 Å². The van der Waals surface area contributed by atoms with Gasteiger partial charge in [-0.3, -0.25) is 4.90 Å². The van der Waals surface area contributed by atoms with Crippen molar-refractivity contribution in [1.29, 1.82) is 0 Å². The predicted octanol–water partition coefficient (Wildman–Crippen LogP) is 2.99. The molecule has 116 valence electrons. The largest absolute Gasteiger partial charge is 0.348 e. The van der Waals surface area contributed by atoms with Gasteiger partial charge in [-0.15, -0.1) is 0 Å². The maximum Gasteiger partial charge on any atom is 0.168 e. The summed E-state index contributed by atoms with van der Waals surface area (Å²) in [5.74, 6) is 2.73. The summed E-state index contributed by atoms with van der Waals surface area (Å²) < 4.78 is 11.9. The summed E-state index contributed by atoms with van der Waals surface area (Å²) in [5, 5.41) is 0. The van der Waals surface area contributed by atoms with Crippen LogP contribution in [0, 0.1) is 11.8 Å². The first-order valence-corrected chi connectivity index (χ1v) is 9.66. The number of ether oxygens (including phenoxy) is 2. The van der Waals surface area contributed by atoms with Gasteiger partial charge in [0, 0.05) is 25.4 Å². The average Bonchev–Trinajstić information content (AvgIpc) is 2.87. The summed E-state index contributed by atoms with van der Waals surface area (Å²) in [6, 6.07) is 0.784. The lowest BCUT2D eigenvalue weighted by molar-refractivity contribution is -0.202. The van der Waals surface area contributed by atoms with E-state index in [1.807, 2.05) is 11.8 Å². The van der Waals surface area contributed by atoms with Crippen molar-refractivity contribution >= 4 is 11.8 Å². The summed E-state index contributed by atoms with van der Waals surface area (Å²) >= 11 is 2.00. The van der Waals surface area contributed by atoms with Crippen LogP contribution in [-0.2, 0) is 9.47 Å². The molecule has 0 radical (unpaired) electrons. The van der Waals surface area contributed by atoms with Gasteiger partial charge in [0.2, 0.25) is 0 Å². The average molecular weight is 299 g/mol. The van der Waals surface area contributed by atoms with Gasteiger partial charge in [0.1, 0.15) is 0 Å². The number of thioether (sulfide) groups is 1. The first-order chi connectivity index (χ1) is 9.76. The molecule has 3 unspecified atom stereocenters. The Labute approximate surface area is 127 Å². The molecule has 20 heavy (non-hydrogen) atoms. The quantitative estimate of drug-likeness (QED) is 0.795. The molecule has 2 saturated heterocycles. The van der Waals surface area contributed by atoms with Crippen molar-refractivity contribution < 1.29 is 9.47 Å². The Morgan fingerprint density at radius 2 is 2.10 bits per heavy atom. The van der Waals surface area contributed by atoms with E-state index in [1.54, 1.807) is 0 Å². The second kappa shape index (κ2) is 6.55. The summed E-state index contributed by atoms with van der Waals surface area (Å²) in [5.41, 5.74) is 0. The summed E-state index contributed by atoms with van der Waals surface area (Å²) in [6.45, 7) is 6.47. The van der Waals surface area contributed by atoms with Gasteiger partial charge in [-0.25, -0.2) is 0 Å². The van der Waals surface area contributed by atoms with E-state index in [1.165, 1.54) is 38.1 Å². The molecule has 3 atom stereocenters. The normalized spacial score (nSPS) is 37.2. The zero-order valence-electron chi connectivity index (χ0n) is 13.0. The summed E-state index contributed by atoms with van der Waals surface area (Å²) in [6.07, 6.45) is 8.37. The number of nitrogens with zero attached hydrogens (tertiary/aromatic N) is 1. The van der Waals surface area contributed by atoms with Gasteiger partial charge in [-0.2, -0.15) is 11.8 Å². The minimum atomic E-state index is -0.208. The third kappa shape index (κ3) is 3.03. The standard InChI is InChI=1S/C16H29NO2S/c1-3-6-17-11-13(12-20-2)9-14-10-16(5-4-15(14)17)18-7-8-19-16/h13-15H,3-12H2,1-2H3. The number of rotatable bonds is 4. The number of hydrogen-bond donors (Lipinski definition) is 0. The molecule has 4 heteroatoms. The Balaban J connectivity index is 1.69. The Hall–Kier alpha value is 0.230. The van der Waals surface area contributed by atoms with Crippen LogP contribution in [0.5, 0.6) is 0 Å². The highest BCUT2D eigenvalue weighted by Crippen LogP contribution is 2.45. The van der Waals surface area contributed by atoms with Crippen molar-refractivity contribution in [2.45, 2.75) is 50.9 Å². The molecule has 0 aromatic heterocycles. The van der Waals surface area contributed by atoms with Crippen molar-refractivity contribution in [2.75, 3.05) is 38.3 Å². The fourth-order valence-electron chi connectivity index (χ4n) is 4.59. The number of likely N-dealkylation sites (tertiary alicyclic amines) is 1. The molecule has 2 heterocycles. The molecule has 3 aliphatic rings. The topological polar surface area (TPSA) is 21.7 Å². The van der Waals surface area contributed by atoms with Gasteiger partial charge < -0.3 is 9.47 Å². The van der Waals surface area contributed by atoms with Crippen LogP contribution in [-0.4, -0.2) is 55.0 Å². The van der Waals surface area contributed by atoms with Crippen LogP contribution in [0.15, 0.2) is 0 Å². The predicted molar refractivity (Wildman–Crippen MR) is 84.1 cm³/mol. The van der Waals surface area contributed by atoms with Crippen LogP contribution in [0.3, 0.4) is 0 Å². The third-order valence-corrected chi connectivity index (χ3v) is 6.07. The Bertz CT molecular complexity index is 320. The van der Waals surface area contributed by atoms with Crippen LogP contribution < -0.4 is 0 Å². The monoisotopic (exact) mass is 299 g/mol. The molecule has 3 nitrogen and oxygen atoms in total. The molecular formula is C16H29NO2S. The fourth-order valence-corrected chi connectivity index (χ4v) is 5.30. The van der Waals surface area contributed by atoms with Gasteiger partial charge in [0.25, 0.3) is 0 Å². The highest BCUT2D eigenvalue weighted by molar-refractivity contribution is 7.98. The van der Waals surface area contributed by atoms with Crippen LogP contribution in [0.4, 0.5) is 0 Å². The van der Waals surface area contributed by atoms with Crippen molar-refractivity contribution in [3.05, 3.63) is 0 Å². The van der Waals surface area contributed by atoms with Crippen molar-refractivity contribution in [2.24, 2.45) is 11.8 Å². The van der Waals surface area contributed by atoms with E-state index in [-0.39, 0.29) is 5.79 Å². The smallest absolute Gasteiger partial charge is 0.168 e. The highest BCUT2D eigenvalue weighted by atomic mass is 32.2. The van der Waals surface area contributed by atoms with Gasteiger partial charge in [-0.1, -0.05) is 6.92 Å². The maximum absolute atomic E-state index is 5.97. The third-order valence-electron chi connectivity index (χ3n) is 5.26. The van der Waals surface area contributed by atoms with E-state index in [4.69, 9.17) is 9.47 Å². The lowest BCUT2D eigenvalue weighted by Crippen LogP contribution is -2.55. The second-order valence-corrected chi connectivity index (χ2v) is 7.64. The fraction of sp³-hybridized carbons (Fsp3) is 1.00. The van der Waals surface area contributed by atoms with Crippen molar-refractivity contribution in [3.8, 4) is 0 Å². The van der Waals surface area contributed by atoms with Crippen LogP contribution in [0.2, 0.25) is 0 Å². The van der Waals surface area contributed by atoms with Gasteiger partial charge in [0.15, 0.2) is 5.79 Å². The van der Waals surface area contributed by atoms with Crippen LogP contribution in [0.1, 0.15) is 39.0 Å². The maximum atomic E-state index is 5.97. The minimum absolute atomic E-state index is 0.208. The molecule has 2 aliphatic heterocycles. The van der Waals surface area contributed by atoms with Gasteiger partial charge in [0.05, 0.1) is 13.2 Å². The number of piperidine rings is 1. The second-order valence-electron chi connectivity index (χ2n) is 6.73. The first kappa shape index (κ1) is 15.1.